The SMILES string of the molecule is CC(=O)Oc1cccc(C(=O)NCC2CC3C=CC2CC3)c1. The first-order valence-electron chi connectivity index (χ1n) is 7.87. The van der Waals surface area contributed by atoms with Crippen LogP contribution in [-0.2, 0) is 4.79 Å². The van der Waals surface area contributed by atoms with Crippen molar-refractivity contribution < 1.29 is 14.3 Å². The van der Waals surface area contributed by atoms with E-state index in [9.17, 15) is 9.59 Å². The van der Waals surface area contributed by atoms with Crippen LogP contribution in [0, 0.1) is 17.8 Å². The summed E-state index contributed by atoms with van der Waals surface area (Å²) in [5.74, 6) is 1.75. The molecule has 116 valence electrons. The van der Waals surface area contributed by atoms with Gasteiger partial charge in [0.15, 0.2) is 0 Å². The summed E-state index contributed by atoms with van der Waals surface area (Å²) >= 11 is 0. The number of benzene rings is 1. The minimum absolute atomic E-state index is 0.112. The van der Waals surface area contributed by atoms with Gasteiger partial charge in [0, 0.05) is 19.0 Å². The molecule has 0 heterocycles. The van der Waals surface area contributed by atoms with Crippen LogP contribution in [-0.4, -0.2) is 18.4 Å². The maximum atomic E-state index is 12.3. The number of esters is 1. The molecule has 1 fully saturated rings. The van der Waals surface area contributed by atoms with Crippen LogP contribution in [0.4, 0.5) is 0 Å². The Morgan fingerprint density at radius 1 is 1.27 bits per heavy atom. The summed E-state index contributed by atoms with van der Waals surface area (Å²) in [7, 11) is 0. The number of nitrogens with one attached hydrogen (secondary N) is 1. The highest BCUT2D eigenvalue weighted by Gasteiger charge is 2.31. The number of carbonyl (C=O) groups is 2. The van der Waals surface area contributed by atoms with Gasteiger partial charge in [-0.1, -0.05) is 18.2 Å². The van der Waals surface area contributed by atoms with E-state index in [0.717, 1.165) is 0 Å². The molecule has 3 aliphatic carbocycles. The molecule has 2 bridgehead atoms. The van der Waals surface area contributed by atoms with Crippen LogP contribution in [0.5, 0.6) is 5.75 Å². The van der Waals surface area contributed by atoms with E-state index in [1.807, 2.05) is 0 Å². The molecule has 4 rings (SSSR count). The molecule has 0 aromatic heterocycles. The molecule has 0 radical (unpaired) electrons. The van der Waals surface area contributed by atoms with E-state index in [4.69, 9.17) is 4.74 Å². The van der Waals surface area contributed by atoms with Gasteiger partial charge in [0.25, 0.3) is 5.91 Å². The Hall–Kier alpha value is -2.10. The molecule has 3 unspecified atom stereocenters. The number of allylic oxidation sites excluding steroid dienone is 2. The second-order valence-corrected chi connectivity index (χ2v) is 6.21. The van der Waals surface area contributed by atoms with Gasteiger partial charge in [0.2, 0.25) is 0 Å². The van der Waals surface area contributed by atoms with Crippen LogP contribution in [0.2, 0.25) is 0 Å². The van der Waals surface area contributed by atoms with Crippen molar-refractivity contribution in [1.29, 1.82) is 0 Å². The minimum Gasteiger partial charge on any atom is -0.427 e. The van der Waals surface area contributed by atoms with Crippen molar-refractivity contribution in [3.8, 4) is 5.75 Å². The third-order valence-corrected chi connectivity index (χ3v) is 4.59. The van der Waals surface area contributed by atoms with Crippen molar-refractivity contribution in [2.45, 2.75) is 26.2 Å². The molecule has 0 spiro atoms. The van der Waals surface area contributed by atoms with Gasteiger partial charge in [-0.15, -0.1) is 0 Å². The average Bonchev–Trinajstić information content (AvgIpc) is 2.53. The zero-order valence-electron chi connectivity index (χ0n) is 12.7. The zero-order valence-corrected chi connectivity index (χ0v) is 12.7. The second-order valence-electron chi connectivity index (χ2n) is 6.21. The Kier molecular flexibility index (Phi) is 4.27. The highest BCUT2D eigenvalue weighted by atomic mass is 16.5. The highest BCUT2D eigenvalue weighted by molar-refractivity contribution is 5.94. The summed E-state index contributed by atoms with van der Waals surface area (Å²) in [6.07, 6.45) is 8.35. The number of amides is 1. The van der Waals surface area contributed by atoms with Crippen molar-refractivity contribution in [3.05, 3.63) is 42.0 Å². The minimum atomic E-state index is -0.387. The number of carbonyl (C=O) groups excluding carboxylic acids is 2. The van der Waals surface area contributed by atoms with Crippen LogP contribution in [0.25, 0.3) is 0 Å². The van der Waals surface area contributed by atoms with Crippen molar-refractivity contribution >= 4 is 11.9 Å². The Bertz CT molecular complexity index is 608. The van der Waals surface area contributed by atoms with Gasteiger partial charge in [0.1, 0.15) is 5.75 Å². The van der Waals surface area contributed by atoms with Crippen molar-refractivity contribution in [2.24, 2.45) is 17.8 Å². The van der Waals surface area contributed by atoms with Crippen LogP contribution in [0.3, 0.4) is 0 Å². The molecule has 3 aliphatic rings. The third-order valence-electron chi connectivity index (χ3n) is 4.59. The molecule has 1 amide bonds. The fourth-order valence-electron chi connectivity index (χ4n) is 3.48. The molecule has 1 saturated carbocycles. The maximum Gasteiger partial charge on any atom is 0.308 e. The summed E-state index contributed by atoms with van der Waals surface area (Å²) in [5.41, 5.74) is 0.523. The standard InChI is InChI=1S/C18H21NO3/c1-12(20)22-17-4-2-3-15(10-17)18(21)19-11-16-9-13-5-7-14(16)8-6-13/h2-5,7,10,13-14,16H,6,8-9,11H2,1H3,(H,19,21). The van der Waals surface area contributed by atoms with Crippen LogP contribution >= 0.6 is 0 Å². The predicted octanol–water partition coefficient (Wildman–Crippen LogP) is 2.94. The topological polar surface area (TPSA) is 55.4 Å². The van der Waals surface area contributed by atoms with E-state index in [1.165, 1.54) is 26.2 Å². The molecular formula is C18H21NO3. The number of rotatable bonds is 4. The van der Waals surface area contributed by atoms with Gasteiger partial charge in [-0.3, -0.25) is 9.59 Å². The number of ether oxygens (including phenoxy) is 1. The lowest BCUT2D eigenvalue weighted by atomic mass is 9.69. The molecule has 1 aromatic rings. The first-order chi connectivity index (χ1) is 10.6. The fourth-order valence-corrected chi connectivity index (χ4v) is 3.48. The summed E-state index contributed by atoms with van der Waals surface area (Å²) in [4.78, 5) is 23.2. The molecule has 1 aromatic carbocycles. The number of hydrogen-bond donors (Lipinski definition) is 1. The zero-order chi connectivity index (χ0) is 15.5. The molecule has 0 aliphatic heterocycles. The maximum absolute atomic E-state index is 12.3. The van der Waals surface area contributed by atoms with E-state index in [2.05, 4.69) is 17.5 Å². The Labute approximate surface area is 130 Å². The Morgan fingerprint density at radius 3 is 2.77 bits per heavy atom. The molecule has 22 heavy (non-hydrogen) atoms. The monoisotopic (exact) mass is 299 g/mol. The molecule has 4 heteroatoms. The summed E-state index contributed by atoms with van der Waals surface area (Å²) in [5, 5.41) is 3.02. The summed E-state index contributed by atoms with van der Waals surface area (Å²) < 4.78 is 5.01. The van der Waals surface area contributed by atoms with E-state index in [0.29, 0.717) is 35.6 Å². The van der Waals surface area contributed by atoms with E-state index >= 15 is 0 Å². The summed E-state index contributed by atoms with van der Waals surface area (Å²) in [6, 6.07) is 6.72. The van der Waals surface area contributed by atoms with Gasteiger partial charge >= 0.3 is 5.97 Å². The normalized spacial score (nSPS) is 25.8. The lowest BCUT2D eigenvalue weighted by Crippen LogP contribution is -2.37. The van der Waals surface area contributed by atoms with Crippen LogP contribution < -0.4 is 10.1 Å². The Balaban J connectivity index is 1.58. The quantitative estimate of drug-likeness (QED) is 0.528. The van der Waals surface area contributed by atoms with E-state index < -0.39 is 0 Å². The smallest absolute Gasteiger partial charge is 0.308 e. The molecule has 1 N–H and O–H groups in total. The van der Waals surface area contributed by atoms with Gasteiger partial charge in [-0.05, 0) is 55.2 Å². The number of hydrogen-bond acceptors (Lipinski definition) is 3. The van der Waals surface area contributed by atoms with Crippen molar-refractivity contribution in [1.82, 2.24) is 5.32 Å². The molecule has 3 atom stereocenters. The molecular weight excluding hydrogens is 278 g/mol. The predicted molar refractivity (Wildman–Crippen MR) is 83.5 cm³/mol. The first-order valence-corrected chi connectivity index (χ1v) is 7.87. The number of fused-ring (bicyclic) bond motifs is 2. The van der Waals surface area contributed by atoms with Crippen LogP contribution in [0.15, 0.2) is 36.4 Å². The first kappa shape index (κ1) is 14.8. The third kappa shape index (κ3) is 3.38. The summed E-state index contributed by atoms with van der Waals surface area (Å²) in [6.45, 7) is 2.06. The highest BCUT2D eigenvalue weighted by Crippen LogP contribution is 2.39. The second kappa shape index (κ2) is 6.34. The van der Waals surface area contributed by atoms with E-state index in [-0.39, 0.29) is 11.9 Å². The lowest BCUT2D eigenvalue weighted by molar-refractivity contribution is -0.131. The molecule has 4 nitrogen and oxygen atoms in total. The van der Waals surface area contributed by atoms with Gasteiger partial charge in [-0.2, -0.15) is 0 Å². The Morgan fingerprint density at radius 2 is 2.14 bits per heavy atom. The van der Waals surface area contributed by atoms with Crippen molar-refractivity contribution in [3.63, 3.8) is 0 Å². The van der Waals surface area contributed by atoms with Gasteiger partial charge in [-0.25, -0.2) is 0 Å². The largest absolute Gasteiger partial charge is 0.427 e. The average molecular weight is 299 g/mol. The van der Waals surface area contributed by atoms with Crippen LogP contribution in [0.1, 0.15) is 36.5 Å². The molecule has 0 saturated heterocycles. The lowest BCUT2D eigenvalue weighted by Gasteiger charge is -2.38. The van der Waals surface area contributed by atoms with Gasteiger partial charge in [0.05, 0.1) is 0 Å². The van der Waals surface area contributed by atoms with Crippen molar-refractivity contribution in [2.75, 3.05) is 6.54 Å². The fraction of sp³-hybridized carbons (Fsp3) is 0.444. The van der Waals surface area contributed by atoms with E-state index in [1.54, 1.807) is 24.3 Å². The van der Waals surface area contributed by atoms with Gasteiger partial charge < -0.3 is 10.1 Å².